The minimum Gasteiger partial charge on any atom is -0.419 e. The van der Waals surface area contributed by atoms with E-state index in [4.69, 9.17) is 16.0 Å². The van der Waals surface area contributed by atoms with Crippen LogP contribution in [0.1, 0.15) is 26.6 Å². The number of amides is 2. The second-order valence-corrected chi connectivity index (χ2v) is 6.10. The fourth-order valence-corrected chi connectivity index (χ4v) is 2.90. The lowest BCUT2D eigenvalue weighted by atomic mass is 10.1. The highest BCUT2D eigenvalue weighted by Gasteiger charge is 2.41. The molecule has 0 unspecified atom stereocenters. The average molecular weight is 385 g/mol. The molecule has 0 N–H and O–H groups in total. The van der Waals surface area contributed by atoms with Gasteiger partial charge in [-0.15, -0.1) is 10.2 Å². The van der Waals surface area contributed by atoms with Crippen LogP contribution in [0.4, 0.5) is 5.69 Å². The number of nitro benzene ring substituents is 1. The van der Waals surface area contributed by atoms with Crippen LogP contribution in [0.3, 0.4) is 0 Å². The van der Waals surface area contributed by atoms with Crippen LogP contribution in [0.25, 0.3) is 11.5 Å². The zero-order valence-corrected chi connectivity index (χ0v) is 14.2. The minimum absolute atomic E-state index is 0.0216. The number of carbonyl (C=O) groups is 2. The third-order valence-electron chi connectivity index (χ3n) is 4.03. The highest BCUT2D eigenvalue weighted by atomic mass is 35.5. The standard InChI is InChI=1S/C17H9ClN4O5/c18-10-6-4-9(5-7-10)15-20-19-13(27-15)8-21-16(23)11-2-1-3-12(22(25)26)14(11)17(21)24/h1-7H,8H2. The van der Waals surface area contributed by atoms with E-state index in [0.717, 1.165) is 4.90 Å². The number of imide groups is 1. The quantitative estimate of drug-likeness (QED) is 0.385. The normalized spacial score (nSPS) is 13.1. The smallest absolute Gasteiger partial charge is 0.282 e. The van der Waals surface area contributed by atoms with Crippen molar-refractivity contribution in [1.29, 1.82) is 0 Å². The molecule has 27 heavy (non-hydrogen) atoms. The molecular weight excluding hydrogens is 376 g/mol. The van der Waals surface area contributed by atoms with Gasteiger partial charge < -0.3 is 4.42 Å². The van der Waals surface area contributed by atoms with Gasteiger partial charge in [-0.2, -0.15) is 0 Å². The number of fused-ring (bicyclic) bond motifs is 1. The predicted octanol–water partition coefficient (Wildman–Crippen LogP) is 3.09. The van der Waals surface area contributed by atoms with Gasteiger partial charge in [0.2, 0.25) is 11.8 Å². The molecular formula is C17H9ClN4O5. The number of hydrogen-bond donors (Lipinski definition) is 0. The Morgan fingerprint density at radius 1 is 1.07 bits per heavy atom. The van der Waals surface area contributed by atoms with E-state index in [1.54, 1.807) is 24.3 Å². The van der Waals surface area contributed by atoms with E-state index in [1.165, 1.54) is 18.2 Å². The molecule has 134 valence electrons. The Balaban J connectivity index is 1.62. The largest absolute Gasteiger partial charge is 0.419 e. The van der Waals surface area contributed by atoms with Gasteiger partial charge >= 0.3 is 0 Å². The minimum atomic E-state index is -0.770. The van der Waals surface area contributed by atoms with Crippen molar-refractivity contribution in [3.05, 3.63) is 74.6 Å². The summed E-state index contributed by atoms with van der Waals surface area (Å²) in [5, 5.41) is 19.4. The molecule has 1 aromatic heterocycles. The molecule has 0 spiro atoms. The number of nitro groups is 1. The summed E-state index contributed by atoms with van der Waals surface area (Å²) >= 11 is 5.83. The number of aromatic nitrogens is 2. The van der Waals surface area contributed by atoms with Crippen LogP contribution in [-0.2, 0) is 6.54 Å². The molecule has 0 fully saturated rings. The maximum Gasteiger partial charge on any atom is 0.282 e. The molecule has 10 heteroatoms. The number of carbonyl (C=O) groups excluding carboxylic acids is 2. The molecule has 2 heterocycles. The first-order valence-corrected chi connectivity index (χ1v) is 8.05. The van der Waals surface area contributed by atoms with Crippen LogP contribution >= 0.6 is 11.6 Å². The molecule has 9 nitrogen and oxygen atoms in total. The zero-order valence-electron chi connectivity index (χ0n) is 13.5. The first-order valence-electron chi connectivity index (χ1n) is 7.67. The second kappa shape index (κ2) is 6.29. The summed E-state index contributed by atoms with van der Waals surface area (Å²) in [7, 11) is 0. The van der Waals surface area contributed by atoms with Crippen molar-refractivity contribution in [3.8, 4) is 11.5 Å². The van der Waals surface area contributed by atoms with Gasteiger partial charge in [-0.3, -0.25) is 24.6 Å². The Bertz CT molecular complexity index is 1090. The number of rotatable bonds is 4. The monoisotopic (exact) mass is 384 g/mol. The maximum atomic E-state index is 12.5. The lowest BCUT2D eigenvalue weighted by molar-refractivity contribution is -0.385. The molecule has 4 rings (SSSR count). The SMILES string of the molecule is O=C1c2cccc([N+](=O)[O-])c2C(=O)N1Cc1nnc(-c2ccc(Cl)cc2)o1. The van der Waals surface area contributed by atoms with Gasteiger partial charge in [-0.05, 0) is 30.3 Å². The van der Waals surface area contributed by atoms with Crippen LogP contribution < -0.4 is 0 Å². The molecule has 2 amide bonds. The molecule has 0 radical (unpaired) electrons. The van der Waals surface area contributed by atoms with Gasteiger partial charge in [0.15, 0.2) is 0 Å². The van der Waals surface area contributed by atoms with Gasteiger partial charge in [0.1, 0.15) is 12.1 Å². The highest BCUT2D eigenvalue weighted by Crippen LogP contribution is 2.31. The van der Waals surface area contributed by atoms with Crippen molar-refractivity contribution < 1.29 is 18.9 Å². The Labute approximate surface area is 156 Å². The van der Waals surface area contributed by atoms with Crippen LogP contribution in [0.15, 0.2) is 46.9 Å². The fraction of sp³-hybridized carbons (Fsp3) is 0.0588. The van der Waals surface area contributed by atoms with Crippen molar-refractivity contribution in [2.24, 2.45) is 0 Å². The van der Waals surface area contributed by atoms with E-state index < -0.39 is 22.4 Å². The summed E-state index contributed by atoms with van der Waals surface area (Å²) in [5.41, 5.74) is -0.0477. The molecule has 0 bridgehead atoms. The summed E-state index contributed by atoms with van der Waals surface area (Å²) in [6.45, 7) is -0.288. The van der Waals surface area contributed by atoms with E-state index in [2.05, 4.69) is 10.2 Å². The third kappa shape index (κ3) is 2.83. The lowest BCUT2D eigenvalue weighted by Gasteiger charge is -2.10. The van der Waals surface area contributed by atoms with Gasteiger partial charge in [-0.1, -0.05) is 17.7 Å². The molecule has 2 aromatic carbocycles. The van der Waals surface area contributed by atoms with E-state index in [0.29, 0.717) is 10.6 Å². The Morgan fingerprint density at radius 3 is 2.52 bits per heavy atom. The average Bonchev–Trinajstić information content (AvgIpc) is 3.22. The summed E-state index contributed by atoms with van der Waals surface area (Å²) < 4.78 is 5.50. The van der Waals surface area contributed by atoms with Crippen molar-refractivity contribution in [2.75, 3.05) is 0 Å². The molecule has 0 aliphatic carbocycles. The highest BCUT2D eigenvalue weighted by molar-refractivity contribution is 6.30. The Hall–Kier alpha value is -3.59. The number of nitrogens with zero attached hydrogens (tertiary/aromatic N) is 4. The topological polar surface area (TPSA) is 119 Å². The van der Waals surface area contributed by atoms with Crippen LogP contribution in [-0.4, -0.2) is 31.8 Å². The lowest BCUT2D eigenvalue weighted by Crippen LogP contribution is -2.29. The summed E-state index contributed by atoms with van der Waals surface area (Å²) in [6.07, 6.45) is 0. The molecule has 1 aliphatic heterocycles. The number of benzene rings is 2. The van der Waals surface area contributed by atoms with Gasteiger partial charge in [0.05, 0.1) is 10.5 Å². The molecule has 1 aliphatic rings. The molecule has 0 saturated heterocycles. The number of halogens is 1. The van der Waals surface area contributed by atoms with Crippen molar-refractivity contribution in [1.82, 2.24) is 15.1 Å². The summed E-state index contributed by atoms with van der Waals surface area (Å²) in [5.74, 6) is -1.19. The van der Waals surface area contributed by atoms with E-state index in [9.17, 15) is 19.7 Å². The number of hydrogen-bond acceptors (Lipinski definition) is 7. The van der Waals surface area contributed by atoms with E-state index >= 15 is 0 Å². The van der Waals surface area contributed by atoms with Crippen LogP contribution in [0.2, 0.25) is 5.02 Å². The van der Waals surface area contributed by atoms with E-state index in [-0.39, 0.29) is 29.5 Å². The van der Waals surface area contributed by atoms with Crippen LogP contribution in [0.5, 0.6) is 0 Å². The van der Waals surface area contributed by atoms with Gasteiger partial charge in [0.25, 0.3) is 17.5 Å². The zero-order chi connectivity index (χ0) is 19.1. The second-order valence-electron chi connectivity index (χ2n) is 5.66. The summed E-state index contributed by atoms with van der Waals surface area (Å²) in [4.78, 5) is 36.3. The first-order chi connectivity index (χ1) is 13.0. The molecule has 0 atom stereocenters. The predicted molar refractivity (Wildman–Crippen MR) is 92.0 cm³/mol. The van der Waals surface area contributed by atoms with Crippen molar-refractivity contribution in [3.63, 3.8) is 0 Å². The van der Waals surface area contributed by atoms with Gasteiger partial charge in [0, 0.05) is 16.7 Å². The third-order valence-corrected chi connectivity index (χ3v) is 4.28. The van der Waals surface area contributed by atoms with E-state index in [1.807, 2.05) is 0 Å². The fourth-order valence-electron chi connectivity index (χ4n) is 2.77. The maximum absolute atomic E-state index is 12.5. The van der Waals surface area contributed by atoms with Gasteiger partial charge in [-0.25, -0.2) is 0 Å². The first kappa shape index (κ1) is 16.9. The summed E-state index contributed by atoms with van der Waals surface area (Å²) in [6, 6.07) is 10.6. The van der Waals surface area contributed by atoms with Crippen molar-refractivity contribution >= 4 is 29.1 Å². The Kier molecular flexibility index (Phi) is 3.93. The molecule has 0 saturated carbocycles. The Morgan fingerprint density at radius 2 is 1.81 bits per heavy atom. The molecule has 3 aromatic rings. The van der Waals surface area contributed by atoms with Crippen molar-refractivity contribution in [2.45, 2.75) is 6.54 Å². The van der Waals surface area contributed by atoms with Crippen LogP contribution in [0, 0.1) is 10.1 Å².